The van der Waals surface area contributed by atoms with E-state index in [1.165, 1.54) is 22.0 Å². The minimum Gasteiger partial charge on any atom is -1.00 e. The molecule has 0 saturated heterocycles. The van der Waals surface area contributed by atoms with Crippen LogP contribution in [0, 0.1) is 6.92 Å². The van der Waals surface area contributed by atoms with Crippen LogP contribution in [0.2, 0.25) is 0 Å². The van der Waals surface area contributed by atoms with Gasteiger partial charge in [0.1, 0.15) is 6.54 Å². The summed E-state index contributed by atoms with van der Waals surface area (Å²) in [4.78, 5) is 0. The summed E-state index contributed by atoms with van der Waals surface area (Å²) < 4.78 is 3.20. The van der Waals surface area contributed by atoms with E-state index in [-0.39, 0.29) is 24.0 Å². The maximum atomic E-state index is 2.27. The zero-order valence-electron chi connectivity index (χ0n) is 11.3. The Balaban J connectivity index is 0.00000144. The van der Waals surface area contributed by atoms with Gasteiger partial charge in [-0.3, -0.25) is 0 Å². The predicted molar refractivity (Wildman–Crippen MR) is 69.4 cm³/mol. The molecule has 0 aliphatic heterocycles. The van der Waals surface area contributed by atoms with Gasteiger partial charge in [-0.1, -0.05) is 12.1 Å². The maximum Gasteiger partial charge on any atom is 0.106 e. The van der Waals surface area contributed by atoms with E-state index in [0.717, 1.165) is 11.0 Å². The highest BCUT2D eigenvalue weighted by Gasteiger charge is 2.15. The highest BCUT2D eigenvalue weighted by atomic mass is 127. The van der Waals surface area contributed by atoms with Crippen molar-refractivity contribution in [2.45, 2.75) is 13.5 Å². The first-order chi connectivity index (χ1) is 7.38. The van der Waals surface area contributed by atoms with Crippen molar-refractivity contribution in [2.75, 3.05) is 21.1 Å². The van der Waals surface area contributed by atoms with E-state index in [0.29, 0.717) is 0 Å². The molecule has 3 heteroatoms. The van der Waals surface area contributed by atoms with Crippen molar-refractivity contribution in [3.63, 3.8) is 0 Å². The van der Waals surface area contributed by atoms with Gasteiger partial charge in [-0.2, -0.15) is 0 Å². The Morgan fingerprint density at radius 2 is 1.82 bits per heavy atom. The topological polar surface area (TPSA) is 4.93 Å². The molecule has 2 nitrogen and oxygen atoms in total. The largest absolute Gasteiger partial charge is 1.00 e. The molecular formula is C14H21IN2. The summed E-state index contributed by atoms with van der Waals surface area (Å²) in [7, 11) is 8.83. The van der Waals surface area contributed by atoms with E-state index in [1.54, 1.807) is 0 Å². The quantitative estimate of drug-likeness (QED) is 0.521. The molecule has 2 aromatic rings. The van der Waals surface area contributed by atoms with E-state index in [9.17, 15) is 0 Å². The molecule has 2 rings (SSSR count). The highest BCUT2D eigenvalue weighted by Crippen LogP contribution is 2.25. The first-order valence-corrected chi connectivity index (χ1v) is 5.72. The number of hydrogen-bond donors (Lipinski definition) is 0. The van der Waals surface area contributed by atoms with E-state index < -0.39 is 0 Å². The number of fused-ring (bicyclic) bond motifs is 1. The maximum absolute atomic E-state index is 2.27. The molecule has 0 radical (unpaired) electrons. The third-order valence-corrected chi connectivity index (χ3v) is 2.95. The molecule has 1 heterocycles. The summed E-state index contributed by atoms with van der Waals surface area (Å²) in [5.41, 5.74) is 4.16. The van der Waals surface area contributed by atoms with Gasteiger partial charge in [0.2, 0.25) is 0 Å². The van der Waals surface area contributed by atoms with Crippen LogP contribution in [0.5, 0.6) is 0 Å². The Hall–Kier alpha value is -0.550. The van der Waals surface area contributed by atoms with Crippen LogP contribution in [0.4, 0.5) is 0 Å². The Labute approximate surface area is 121 Å². The molecular weight excluding hydrogens is 323 g/mol. The number of aromatic nitrogens is 1. The summed E-state index contributed by atoms with van der Waals surface area (Å²) >= 11 is 0. The fraction of sp³-hybridized carbons (Fsp3) is 0.429. The number of nitrogens with zero attached hydrogens (tertiary/aromatic N) is 2. The molecule has 1 aromatic heterocycles. The number of rotatable bonds is 2. The van der Waals surface area contributed by atoms with Crippen LogP contribution in [0.15, 0.2) is 24.4 Å². The SMILES string of the molecule is Cc1cccc2c1c(C[N+](C)(C)C)cn2C.[I-]. The van der Waals surface area contributed by atoms with E-state index in [2.05, 4.69) is 64.1 Å². The third-order valence-electron chi connectivity index (χ3n) is 2.95. The number of benzene rings is 1. The van der Waals surface area contributed by atoms with Crippen LogP contribution in [0.3, 0.4) is 0 Å². The Morgan fingerprint density at radius 3 is 2.41 bits per heavy atom. The molecule has 17 heavy (non-hydrogen) atoms. The molecule has 0 N–H and O–H groups in total. The number of halogens is 1. The van der Waals surface area contributed by atoms with Crippen molar-refractivity contribution in [2.24, 2.45) is 7.05 Å². The number of aryl methyl sites for hydroxylation is 2. The Morgan fingerprint density at radius 1 is 1.18 bits per heavy atom. The van der Waals surface area contributed by atoms with Crippen molar-refractivity contribution in [3.05, 3.63) is 35.5 Å². The van der Waals surface area contributed by atoms with Crippen LogP contribution in [0.25, 0.3) is 10.9 Å². The fourth-order valence-electron chi connectivity index (χ4n) is 2.36. The van der Waals surface area contributed by atoms with Gasteiger partial charge in [-0.05, 0) is 18.6 Å². The van der Waals surface area contributed by atoms with Crippen LogP contribution in [-0.4, -0.2) is 30.2 Å². The molecule has 0 bridgehead atoms. The van der Waals surface area contributed by atoms with Gasteiger partial charge in [0, 0.05) is 29.7 Å². The highest BCUT2D eigenvalue weighted by molar-refractivity contribution is 5.87. The van der Waals surface area contributed by atoms with Crippen molar-refractivity contribution in [1.82, 2.24) is 4.57 Å². The lowest BCUT2D eigenvalue weighted by atomic mass is 10.1. The summed E-state index contributed by atoms with van der Waals surface area (Å²) in [6.07, 6.45) is 2.27. The van der Waals surface area contributed by atoms with E-state index >= 15 is 0 Å². The summed E-state index contributed by atoms with van der Waals surface area (Å²) in [6, 6.07) is 6.52. The minimum absolute atomic E-state index is 0. The molecule has 0 saturated carbocycles. The van der Waals surface area contributed by atoms with Crippen molar-refractivity contribution >= 4 is 10.9 Å². The standard InChI is InChI=1S/C14H21N2.HI/c1-11-7-6-8-13-14(11)12(9-15(13)2)10-16(3,4)5;/h6-9H,10H2,1-5H3;1H/q+1;/p-1. The molecule has 1 aromatic carbocycles. The summed E-state index contributed by atoms with van der Waals surface area (Å²) in [6.45, 7) is 3.27. The van der Waals surface area contributed by atoms with Crippen LogP contribution in [0.1, 0.15) is 11.1 Å². The second kappa shape index (κ2) is 4.98. The Kier molecular flexibility index (Phi) is 4.25. The minimum atomic E-state index is 0. The van der Waals surface area contributed by atoms with Gasteiger partial charge in [0.05, 0.1) is 21.1 Å². The lowest BCUT2D eigenvalue weighted by Gasteiger charge is -2.23. The van der Waals surface area contributed by atoms with Crippen molar-refractivity contribution in [1.29, 1.82) is 0 Å². The first kappa shape index (κ1) is 14.5. The van der Waals surface area contributed by atoms with E-state index in [1.807, 2.05) is 0 Å². The molecule has 0 atom stereocenters. The Bertz CT molecular complexity index is 521. The normalized spacial score (nSPS) is 11.6. The van der Waals surface area contributed by atoms with Crippen LogP contribution < -0.4 is 24.0 Å². The van der Waals surface area contributed by atoms with Crippen molar-refractivity contribution < 1.29 is 28.5 Å². The van der Waals surface area contributed by atoms with Gasteiger partial charge in [-0.25, -0.2) is 0 Å². The summed E-state index contributed by atoms with van der Waals surface area (Å²) in [5.74, 6) is 0. The number of hydrogen-bond acceptors (Lipinski definition) is 0. The molecule has 0 unspecified atom stereocenters. The monoisotopic (exact) mass is 344 g/mol. The second-order valence-electron chi connectivity index (χ2n) is 5.68. The van der Waals surface area contributed by atoms with Crippen molar-refractivity contribution in [3.8, 4) is 0 Å². The smallest absolute Gasteiger partial charge is 0.106 e. The molecule has 0 aliphatic rings. The average Bonchev–Trinajstić information content (AvgIpc) is 2.42. The lowest BCUT2D eigenvalue weighted by Crippen LogP contribution is -3.00. The van der Waals surface area contributed by atoms with Gasteiger partial charge in [-0.15, -0.1) is 0 Å². The van der Waals surface area contributed by atoms with Gasteiger partial charge < -0.3 is 33.0 Å². The first-order valence-electron chi connectivity index (χ1n) is 5.72. The number of quaternary nitrogens is 1. The average molecular weight is 344 g/mol. The van der Waals surface area contributed by atoms with E-state index in [4.69, 9.17) is 0 Å². The third kappa shape index (κ3) is 3.01. The lowest BCUT2D eigenvalue weighted by molar-refractivity contribution is -0.883. The predicted octanol–water partition coefficient (Wildman–Crippen LogP) is -0.303. The van der Waals surface area contributed by atoms with Gasteiger partial charge in [0.15, 0.2) is 0 Å². The molecule has 0 aliphatic carbocycles. The molecule has 0 fully saturated rings. The van der Waals surface area contributed by atoms with Gasteiger partial charge in [0.25, 0.3) is 0 Å². The molecule has 0 spiro atoms. The summed E-state index contributed by atoms with van der Waals surface area (Å²) in [5, 5.41) is 1.43. The van der Waals surface area contributed by atoms with Crippen LogP contribution >= 0.6 is 0 Å². The molecule has 0 amide bonds. The van der Waals surface area contributed by atoms with Crippen LogP contribution in [-0.2, 0) is 13.6 Å². The zero-order chi connectivity index (χ0) is 11.9. The second-order valence-corrected chi connectivity index (χ2v) is 5.68. The molecule has 94 valence electrons. The zero-order valence-corrected chi connectivity index (χ0v) is 13.4. The van der Waals surface area contributed by atoms with Gasteiger partial charge >= 0.3 is 0 Å². The fourth-order valence-corrected chi connectivity index (χ4v) is 2.36.